The van der Waals surface area contributed by atoms with Crippen LogP contribution in [0.15, 0.2) is 36.4 Å². The molecule has 0 unspecified atom stereocenters. The van der Waals surface area contributed by atoms with Crippen molar-refractivity contribution in [2.24, 2.45) is 0 Å². The number of alkyl halides is 4. The molecular formula is C31H31F4N5O9. The van der Waals surface area contributed by atoms with Crippen LogP contribution in [0.2, 0.25) is 0 Å². The van der Waals surface area contributed by atoms with Gasteiger partial charge in [-0.2, -0.15) is 17.6 Å². The highest BCUT2D eigenvalue weighted by atomic mass is 19.3. The number of nitrogens with one attached hydrogen (secondary N) is 1. The summed E-state index contributed by atoms with van der Waals surface area (Å²) in [6, 6.07) is 7.67. The minimum atomic E-state index is -3.66. The first-order valence-corrected chi connectivity index (χ1v) is 15.0. The molecular weight excluding hydrogens is 662 g/mol. The fourth-order valence-electron chi connectivity index (χ4n) is 5.52. The minimum Gasteiger partial charge on any atom is -0.463 e. The highest BCUT2D eigenvalue weighted by Gasteiger charge is 2.53. The number of hydrogen-bond donors (Lipinski definition) is 1. The third-order valence-corrected chi connectivity index (χ3v) is 8.30. The summed E-state index contributed by atoms with van der Waals surface area (Å²) in [7, 11) is 3.91. The molecule has 262 valence electrons. The second-order valence-electron chi connectivity index (χ2n) is 11.4. The van der Waals surface area contributed by atoms with Crippen molar-refractivity contribution in [1.29, 1.82) is 0 Å². The van der Waals surface area contributed by atoms with Crippen LogP contribution in [0.5, 0.6) is 0 Å². The van der Waals surface area contributed by atoms with E-state index in [4.69, 9.17) is 14.2 Å². The van der Waals surface area contributed by atoms with E-state index >= 15 is 0 Å². The summed E-state index contributed by atoms with van der Waals surface area (Å²) < 4.78 is 71.2. The molecule has 2 aromatic rings. The lowest BCUT2D eigenvalue weighted by atomic mass is 10.1. The fourth-order valence-corrected chi connectivity index (χ4v) is 5.52. The van der Waals surface area contributed by atoms with E-state index in [0.29, 0.717) is 6.42 Å². The second kappa shape index (κ2) is 12.9. The molecule has 6 rings (SSSR count). The number of carbonyl (C=O) groups is 6. The summed E-state index contributed by atoms with van der Waals surface area (Å²) in [6.07, 6.45) is -2.22. The van der Waals surface area contributed by atoms with Crippen LogP contribution in [0.4, 0.5) is 49.9 Å². The van der Waals surface area contributed by atoms with Crippen molar-refractivity contribution in [2.45, 2.75) is 43.8 Å². The molecule has 2 saturated heterocycles. The molecule has 1 N–H and O–H groups in total. The Morgan fingerprint density at radius 2 is 1.27 bits per heavy atom. The molecule has 0 aliphatic carbocycles. The van der Waals surface area contributed by atoms with Gasteiger partial charge in [0.2, 0.25) is 6.10 Å². The van der Waals surface area contributed by atoms with Gasteiger partial charge >= 0.3 is 41.8 Å². The predicted octanol–water partition coefficient (Wildman–Crippen LogP) is 3.25. The van der Waals surface area contributed by atoms with Gasteiger partial charge in [0, 0.05) is 32.5 Å². The summed E-state index contributed by atoms with van der Waals surface area (Å²) in [6.45, 7) is 1.93. The molecule has 0 saturated carbocycles. The number of unbranched alkanes of at least 4 members (excludes halogenated alkanes) is 1. The van der Waals surface area contributed by atoms with Gasteiger partial charge in [0.25, 0.3) is 5.91 Å². The maximum absolute atomic E-state index is 14.1. The van der Waals surface area contributed by atoms with Gasteiger partial charge in [0.05, 0.1) is 42.2 Å². The Labute approximate surface area is 276 Å². The molecule has 14 nitrogen and oxygen atoms in total. The minimum absolute atomic E-state index is 0.0758. The Morgan fingerprint density at radius 1 is 0.816 bits per heavy atom. The van der Waals surface area contributed by atoms with Crippen LogP contribution in [0.1, 0.15) is 30.9 Å². The van der Waals surface area contributed by atoms with Crippen molar-refractivity contribution in [3.05, 3.63) is 47.5 Å². The van der Waals surface area contributed by atoms with Crippen LogP contribution in [-0.2, 0) is 45.2 Å². The third kappa shape index (κ3) is 6.06. The number of fused-ring (bicyclic) bond motifs is 2. The van der Waals surface area contributed by atoms with Gasteiger partial charge in [-0.25, -0.2) is 14.4 Å². The molecule has 4 aliphatic heterocycles. The monoisotopic (exact) mass is 693 g/mol. The molecule has 2 fully saturated rings. The van der Waals surface area contributed by atoms with E-state index in [0.717, 1.165) is 38.2 Å². The average molecular weight is 694 g/mol. The van der Waals surface area contributed by atoms with Gasteiger partial charge in [-0.1, -0.05) is 13.3 Å². The summed E-state index contributed by atoms with van der Waals surface area (Å²) in [5.74, 6) is -11.1. The number of cyclic esters (lactones) is 2. The van der Waals surface area contributed by atoms with E-state index in [1.165, 1.54) is 45.4 Å². The third-order valence-electron chi connectivity index (χ3n) is 8.30. The average Bonchev–Trinajstić information content (AvgIpc) is 3.76. The number of rotatable bonds is 7. The number of amides is 5. The van der Waals surface area contributed by atoms with Gasteiger partial charge in [-0.3, -0.25) is 24.2 Å². The van der Waals surface area contributed by atoms with Crippen LogP contribution in [0, 0.1) is 0 Å². The Kier molecular flexibility index (Phi) is 9.18. The standard InChI is InChI=1S/C17H18F2N2O5.C14H13F2N3O4/c1-3-4-7-25-14(22)13-9-21(16(24)26-13)10-5-6-12-11(8-10)17(18,19)15(23)20(12)2;1-17-11(20)10-6-19(13(22)23-10)7-3-4-9-8(5-7)14(15,16)12(21)18(9)2/h5-6,8,13H,3-4,7,9H2,1-2H3;3-5,10H,6H2,1-2H3,(H,17,20)/t13-;10-/m11/s1. The first kappa shape index (κ1) is 34.9. The SMILES string of the molecule is CCCCOC(=O)[C@H]1CN(c2ccc3c(c2)C(F)(F)C(=O)N3C)C(=O)O1.CNC(=O)[C@H]1CN(c2ccc3c(c2)C(F)(F)C(=O)N3C)C(=O)O1. The molecule has 5 amide bonds. The summed E-state index contributed by atoms with van der Waals surface area (Å²) >= 11 is 0. The van der Waals surface area contributed by atoms with Gasteiger partial charge in [-0.15, -0.1) is 0 Å². The summed E-state index contributed by atoms with van der Waals surface area (Å²) in [5, 5.41) is 2.35. The molecule has 0 radical (unpaired) electrons. The molecule has 4 heterocycles. The first-order chi connectivity index (χ1) is 23.0. The normalized spacial score (nSPS) is 21.6. The fraction of sp³-hybridized carbons (Fsp3) is 0.419. The number of nitrogens with zero attached hydrogens (tertiary/aromatic N) is 4. The van der Waals surface area contributed by atoms with Crippen LogP contribution in [0.25, 0.3) is 0 Å². The largest absolute Gasteiger partial charge is 0.463 e. The number of ether oxygens (including phenoxy) is 3. The Bertz CT molecular complexity index is 1740. The summed E-state index contributed by atoms with van der Waals surface area (Å²) in [4.78, 5) is 74.5. The maximum Gasteiger partial charge on any atom is 0.415 e. The van der Waals surface area contributed by atoms with Crippen LogP contribution < -0.4 is 24.9 Å². The van der Waals surface area contributed by atoms with Crippen LogP contribution in [0.3, 0.4) is 0 Å². The zero-order valence-electron chi connectivity index (χ0n) is 26.6. The first-order valence-electron chi connectivity index (χ1n) is 15.0. The van der Waals surface area contributed by atoms with E-state index in [9.17, 15) is 46.3 Å². The number of hydrogen-bond acceptors (Lipinski definition) is 9. The van der Waals surface area contributed by atoms with E-state index in [1.54, 1.807) is 0 Å². The number of halogens is 4. The lowest BCUT2D eigenvalue weighted by Gasteiger charge is -2.15. The Hall–Kier alpha value is -5.42. The molecule has 4 aliphatic rings. The molecule has 0 bridgehead atoms. The molecule has 18 heteroatoms. The molecule has 2 aromatic carbocycles. The van der Waals surface area contributed by atoms with Gasteiger partial charge in [0.1, 0.15) is 0 Å². The molecule has 0 spiro atoms. The molecule has 0 aromatic heterocycles. The van der Waals surface area contributed by atoms with Crippen molar-refractivity contribution in [2.75, 3.05) is 60.4 Å². The van der Waals surface area contributed by atoms with Gasteiger partial charge < -0.3 is 29.3 Å². The van der Waals surface area contributed by atoms with E-state index in [2.05, 4.69) is 5.32 Å². The van der Waals surface area contributed by atoms with Crippen LogP contribution in [-0.4, -0.2) is 88.9 Å². The topological polar surface area (TPSA) is 155 Å². The highest BCUT2D eigenvalue weighted by Crippen LogP contribution is 2.46. The lowest BCUT2D eigenvalue weighted by molar-refractivity contribution is -0.151. The van der Waals surface area contributed by atoms with Crippen LogP contribution >= 0.6 is 0 Å². The Balaban J connectivity index is 0.000000192. The number of anilines is 4. The van der Waals surface area contributed by atoms with E-state index in [-0.39, 0.29) is 42.4 Å². The van der Waals surface area contributed by atoms with Gasteiger partial charge in [-0.05, 0) is 42.8 Å². The number of carbonyl (C=O) groups excluding carboxylic acids is 6. The summed E-state index contributed by atoms with van der Waals surface area (Å²) in [5.41, 5.74) is -0.530. The predicted molar refractivity (Wildman–Crippen MR) is 163 cm³/mol. The quantitative estimate of drug-likeness (QED) is 0.199. The van der Waals surface area contributed by atoms with E-state index in [1.807, 2.05) is 6.92 Å². The number of likely N-dealkylation sites (N-methyl/N-ethyl adjacent to an activating group) is 3. The highest BCUT2D eigenvalue weighted by molar-refractivity contribution is 6.07. The second-order valence-corrected chi connectivity index (χ2v) is 11.4. The molecule has 49 heavy (non-hydrogen) atoms. The molecule has 2 atom stereocenters. The van der Waals surface area contributed by atoms with Crippen molar-refractivity contribution < 1.29 is 60.5 Å². The number of esters is 1. The smallest absolute Gasteiger partial charge is 0.415 e. The van der Waals surface area contributed by atoms with Crippen molar-refractivity contribution in [3.63, 3.8) is 0 Å². The zero-order chi connectivity index (χ0) is 36.0. The van der Waals surface area contributed by atoms with E-state index < -0.39 is 71.1 Å². The van der Waals surface area contributed by atoms with Crippen molar-refractivity contribution in [1.82, 2.24) is 5.32 Å². The van der Waals surface area contributed by atoms with Crippen molar-refractivity contribution in [3.8, 4) is 0 Å². The Morgan fingerprint density at radius 3 is 1.71 bits per heavy atom. The van der Waals surface area contributed by atoms with Crippen molar-refractivity contribution >= 4 is 58.6 Å². The number of benzene rings is 2. The zero-order valence-corrected chi connectivity index (χ0v) is 26.6. The van der Waals surface area contributed by atoms with Gasteiger partial charge in [0.15, 0.2) is 6.10 Å². The maximum atomic E-state index is 14.1. The lowest BCUT2D eigenvalue weighted by Crippen LogP contribution is -2.35.